The number of rotatable bonds is 3. The fourth-order valence-corrected chi connectivity index (χ4v) is 2.88. The number of amides is 1. The van der Waals surface area contributed by atoms with E-state index >= 15 is 0 Å². The third kappa shape index (κ3) is 2.42. The number of piperazine rings is 1. The zero-order valence-corrected chi connectivity index (χ0v) is 10.2. The molecule has 0 aliphatic carbocycles. The molecular weight excluding hydrogens is 222 g/mol. The van der Waals surface area contributed by atoms with E-state index in [1.807, 2.05) is 6.92 Å². The number of thiophene rings is 1. The molecular formula is C11H17N3OS. The fourth-order valence-electron chi connectivity index (χ4n) is 2.19. The Kier molecular flexibility index (Phi) is 3.58. The van der Waals surface area contributed by atoms with Gasteiger partial charge in [0.25, 0.3) is 0 Å². The number of nitrogens with zero attached hydrogens (tertiary/aromatic N) is 1. The van der Waals surface area contributed by atoms with Crippen LogP contribution in [-0.4, -0.2) is 36.5 Å². The van der Waals surface area contributed by atoms with E-state index in [4.69, 9.17) is 5.73 Å². The number of carbonyl (C=O) groups is 1. The molecule has 0 aromatic carbocycles. The maximum Gasteiger partial charge on any atom is 0.234 e. The lowest BCUT2D eigenvalue weighted by molar-refractivity contribution is -0.125. The average molecular weight is 239 g/mol. The molecule has 1 saturated heterocycles. The first kappa shape index (κ1) is 11.6. The molecule has 1 aromatic heterocycles. The highest BCUT2D eigenvalue weighted by atomic mass is 32.1. The van der Waals surface area contributed by atoms with E-state index in [0.29, 0.717) is 13.1 Å². The molecule has 16 heavy (non-hydrogen) atoms. The van der Waals surface area contributed by atoms with Crippen LogP contribution in [0.25, 0.3) is 0 Å². The molecule has 0 saturated carbocycles. The number of nitrogens with two attached hydrogens (primary N) is 1. The Balaban J connectivity index is 2.16. The highest BCUT2D eigenvalue weighted by molar-refractivity contribution is 7.07. The quantitative estimate of drug-likeness (QED) is 0.810. The van der Waals surface area contributed by atoms with Crippen LogP contribution in [0.15, 0.2) is 16.8 Å². The highest BCUT2D eigenvalue weighted by Crippen LogP contribution is 2.25. The van der Waals surface area contributed by atoms with Gasteiger partial charge >= 0.3 is 0 Å². The van der Waals surface area contributed by atoms with Crippen LogP contribution >= 0.6 is 11.3 Å². The van der Waals surface area contributed by atoms with E-state index in [-0.39, 0.29) is 18.0 Å². The highest BCUT2D eigenvalue weighted by Gasteiger charge is 2.28. The van der Waals surface area contributed by atoms with Gasteiger partial charge in [0.1, 0.15) is 0 Å². The first-order valence-electron chi connectivity index (χ1n) is 5.47. The smallest absolute Gasteiger partial charge is 0.234 e. The molecule has 88 valence electrons. The van der Waals surface area contributed by atoms with Crippen molar-refractivity contribution in [2.45, 2.75) is 19.0 Å². The minimum Gasteiger partial charge on any atom is -0.354 e. The summed E-state index contributed by atoms with van der Waals surface area (Å²) < 4.78 is 0. The van der Waals surface area contributed by atoms with Crippen LogP contribution in [0.5, 0.6) is 0 Å². The van der Waals surface area contributed by atoms with Gasteiger partial charge in [-0.2, -0.15) is 11.3 Å². The number of hydrogen-bond donors (Lipinski definition) is 2. The van der Waals surface area contributed by atoms with E-state index < -0.39 is 0 Å². The number of carbonyl (C=O) groups excluding carboxylic acids is 1. The van der Waals surface area contributed by atoms with Gasteiger partial charge in [-0.1, -0.05) is 0 Å². The summed E-state index contributed by atoms with van der Waals surface area (Å²) in [5.41, 5.74) is 7.25. The van der Waals surface area contributed by atoms with Gasteiger partial charge in [0.2, 0.25) is 5.91 Å². The summed E-state index contributed by atoms with van der Waals surface area (Å²) in [5, 5.41) is 6.99. The van der Waals surface area contributed by atoms with E-state index in [1.165, 1.54) is 5.56 Å². The Hall–Kier alpha value is -0.910. The summed E-state index contributed by atoms with van der Waals surface area (Å²) in [6.07, 6.45) is 0. The SMILES string of the molecule is CC(N)C(c1ccsc1)N1CCNC(=O)C1. The van der Waals surface area contributed by atoms with Crippen LogP contribution in [0.4, 0.5) is 0 Å². The zero-order valence-electron chi connectivity index (χ0n) is 9.35. The number of hydrogen-bond acceptors (Lipinski definition) is 4. The second-order valence-electron chi connectivity index (χ2n) is 4.18. The second-order valence-corrected chi connectivity index (χ2v) is 4.96. The molecule has 0 radical (unpaired) electrons. The molecule has 4 nitrogen and oxygen atoms in total. The number of nitrogens with one attached hydrogen (secondary N) is 1. The van der Waals surface area contributed by atoms with Crippen molar-refractivity contribution in [3.05, 3.63) is 22.4 Å². The lowest BCUT2D eigenvalue weighted by Gasteiger charge is -2.36. The molecule has 2 heterocycles. The van der Waals surface area contributed by atoms with Crippen molar-refractivity contribution in [1.29, 1.82) is 0 Å². The van der Waals surface area contributed by atoms with Crippen molar-refractivity contribution in [3.8, 4) is 0 Å². The predicted octanol–water partition coefficient (Wildman–Crippen LogP) is 0.568. The topological polar surface area (TPSA) is 58.4 Å². The second kappa shape index (κ2) is 4.95. The van der Waals surface area contributed by atoms with Gasteiger partial charge in [0.15, 0.2) is 0 Å². The first-order valence-corrected chi connectivity index (χ1v) is 6.41. The van der Waals surface area contributed by atoms with Crippen molar-refractivity contribution in [3.63, 3.8) is 0 Å². The molecule has 2 atom stereocenters. The Bertz CT molecular complexity index is 350. The molecule has 5 heteroatoms. The lowest BCUT2D eigenvalue weighted by Crippen LogP contribution is -2.51. The van der Waals surface area contributed by atoms with E-state index in [2.05, 4.69) is 27.0 Å². The Labute approximate surface area is 99.4 Å². The van der Waals surface area contributed by atoms with Crippen LogP contribution < -0.4 is 11.1 Å². The summed E-state index contributed by atoms with van der Waals surface area (Å²) in [7, 11) is 0. The molecule has 1 aliphatic heterocycles. The van der Waals surface area contributed by atoms with E-state index in [0.717, 1.165) is 6.54 Å². The molecule has 0 spiro atoms. The molecule has 2 unspecified atom stereocenters. The van der Waals surface area contributed by atoms with Gasteiger partial charge < -0.3 is 11.1 Å². The predicted molar refractivity (Wildman–Crippen MR) is 65.3 cm³/mol. The summed E-state index contributed by atoms with van der Waals surface area (Å²) in [4.78, 5) is 13.5. The van der Waals surface area contributed by atoms with Gasteiger partial charge in [0.05, 0.1) is 12.6 Å². The fraction of sp³-hybridized carbons (Fsp3) is 0.545. The molecule has 3 N–H and O–H groups in total. The van der Waals surface area contributed by atoms with Gasteiger partial charge in [-0.25, -0.2) is 0 Å². The van der Waals surface area contributed by atoms with Crippen molar-refractivity contribution in [1.82, 2.24) is 10.2 Å². The summed E-state index contributed by atoms with van der Waals surface area (Å²) in [5.74, 6) is 0.0899. The minimum atomic E-state index is 0.0282. The van der Waals surface area contributed by atoms with Crippen LogP contribution in [0.1, 0.15) is 18.5 Å². The van der Waals surface area contributed by atoms with Gasteiger partial charge in [0, 0.05) is 19.1 Å². The third-order valence-electron chi connectivity index (χ3n) is 2.84. The maximum absolute atomic E-state index is 11.4. The molecule has 1 aliphatic rings. The van der Waals surface area contributed by atoms with Gasteiger partial charge in [-0.15, -0.1) is 0 Å². The van der Waals surface area contributed by atoms with Crippen molar-refractivity contribution in [2.75, 3.05) is 19.6 Å². The van der Waals surface area contributed by atoms with Gasteiger partial charge in [-0.05, 0) is 29.3 Å². The maximum atomic E-state index is 11.4. The van der Waals surface area contributed by atoms with Crippen molar-refractivity contribution in [2.24, 2.45) is 5.73 Å². The third-order valence-corrected chi connectivity index (χ3v) is 3.55. The lowest BCUT2D eigenvalue weighted by atomic mass is 10.0. The Morgan fingerprint density at radius 2 is 2.44 bits per heavy atom. The standard InChI is InChI=1S/C11H17N3OS/c1-8(12)11(9-2-5-16-7-9)14-4-3-13-10(15)6-14/h2,5,7-8,11H,3-4,6,12H2,1H3,(H,13,15). The Morgan fingerprint density at radius 3 is 3.00 bits per heavy atom. The zero-order chi connectivity index (χ0) is 11.5. The van der Waals surface area contributed by atoms with E-state index in [9.17, 15) is 4.79 Å². The molecule has 1 fully saturated rings. The molecule has 1 aromatic rings. The van der Waals surface area contributed by atoms with Crippen molar-refractivity contribution < 1.29 is 4.79 Å². The van der Waals surface area contributed by atoms with Crippen LogP contribution in [0.2, 0.25) is 0 Å². The summed E-state index contributed by atoms with van der Waals surface area (Å²) in [6, 6.07) is 2.27. The van der Waals surface area contributed by atoms with Gasteiger partial charge in [-0.3, -0.25) is 9.69 Å². The normalized spacial score (nSPS) is 21.5. The van der Waals surface area contributed by atoms with Crippen LogP contribution in [-0.2, 0) is 4.79 Å². The Morgan fingerprint density at radius 1 is 1.62 bits per heavy atom. The monoisotopic (exact) mass is 239 g/mol. The molecule has 0 bridgehead atoms. The van der Waals surface area contributed by atoms with E-state index in [1.54, 1.807) is 11.3 Å². The van der Waals surface area contributed by atoms with Crippen molar-refractivity contribution >= 4 is 17.2 Å². The largest absolute Gasteiger partial charge is 0.354 e. The summed E-state index contributed by atoms with van der Waals surface area (Å²) in [6.45, 7) is 4.02. The van der Waals surface area contributed by atoms with Crippen LogP contribution in [0, 0.1) is 0 Å². The minimum absolute atomic E-state index is 0.0282. The van der Waals surface area contributed by atoms with Crippen LogP contribution in [0.3, 0.4) is 0 Å². The average Bonchev–Trinajstić information content (AvgIpc) is 2.71. The molecule has 2 rings (SSSR count). The molecule has 1 amide bonds. The first-order chi connectivity index (χ1) is 7.68. The summed E-state index contributed by atoms with van der Waals surface area (Å²) >= 11 is 1.67.